The van der Waals surface area contributed by atoms with E-state index in [9.17, 15) is 17.6 Å². The molecule has 2 heterocycles. The van der Waals surface area contributed by atoms with Gasteiger partial charge in [-0.05, 0) is 49.6 Å². The van der Waals surface area contributed by atoms with Gasteiger partial charge in [0.2, 0.25) is 15.9 Å². The van der Waals surface area contributed by atoms with E-state index in [0.717, 1.165) is 10.9 Å². The Morgan fingerprint density at radius 1 is 1.18 bits per heavy atom. The molecule has 0 bridgehead atoms. The van der Waals surface area contributed by atoms with Crippen molar-refractivity contribution in [1.29, 1.82) is 0 Å². The van der Waals surface area contributed by atoms with Crippen LogP contribution in [-0.4, -0.2) is 49.9 Å². The van der Waals surface area contributed by atoms with Gasteiger partial charge in [-0.3, -0.25) is 9.78 Å². The summed E-state index contributed by atoms with van der Waals surface area (Å²) >= 11 is 0. The molecule has 9 heteroatoms. The fourth-order valence-corrected chi connectivity index (χ4v) is 5.62. The number of benzene rings is 2. The van der Waals surface area contributed by atoms with Crippen LogP contribution in [0, 0.1) is 18.7 Å². The van der Waals surface area contributed by atoms with E-state index >= 15 is 0 Å². The molecule has 4 rings (SSSR count). The molecule has 7 nitrogen and oxygen atoms in total. The van der Waals surface area contributed by atoms with Gasteiger partial charge < -0.3 is 10.1 Å². The Kier molecular flexibility index (Phi) is 6.90. The molecule has 1 saturated heterocycles. The molecule has 0 aliphatic carbocycles. The highest BCUT2D eigenvalue weighted by Crippen LogP contribution is 2.28. The average Bonchev–Trinajstić information content (AvgIpc) is 2.82. The normalized spacial score (nSPS) is 15.5. The number of nitrogens with zero attached hydrogens (tertiary/aromatic N) is 2. The molecular weight excluding hydrogens is 445 g/mol. The summed E-state index contributed by atoms with van der Waals surface area (Å²) in [6, 6.07) is 13.1. The van der Waals surface area contributed by atoms with Crippen LogP contribution in [0.4, 0.5) is 4.39 Å². The van der Waals surface area contributed by atoms with Crippen molar-refractivity contribution in [2.24, 2.45) is 5.92 Å². The Labute approximate surface area is 192 Å². The molecule has 0 saturated carbocycles. The van der Waals surface area contributed by atoms with Gasteiger partial charge in [0, 0.05) is 30.6 Å². The van der Waals surface area contributed by atoms with E-state index in [0.29, 0.717) is 18.4 Å². The lowest BCUT2D eigenvalue weighted by atomic mass is 9.97. The van der Waals surface area contributed by atoms with Crippen LogP contribution in [0.2, 0.25) is 0 Å². The van der Waals surface area contributed by atoms with Crippen LogP contribution in [0.5, 0.6) is 5.75 Å². The first-order valence-corrected chi connectivity index (χ1v) is 12.3. The fraction of sp³-hybridized carbons (Fsp3) is 0.333. The van der Waals surface area contributed by atoms with Crippen LogP contribution < -0.4 is 10.1 Å². The smallest absolute Gasteiger partial charge is 0.245 e. The first-order chi connectivity index (χ1) is 15.9. The summed E-state index contributed by atoms with van der Waals surface area (Å²) in [6.07, 6.45) is 2.51. The van der Waals surface area contributed by atoms with Gasteiger partial charge in [0.05, 0.1) is 12.1 Å². The summed E-state index contributed by atoms with van der Waals surface area (Å²) in [5.74, 6) is -0.734. The van der Waals surface area contributed by atoms with Gasteiger partial charge in [-0.25, -0.2) is 12.8 Å². The van der Waals surface area contributed by atoms with Gasteiger partial charge in [0.15, 0.2) is 11.6 Å². The van der Waals surface area contributed by atoms with E-state index in [4.69, 9.17) is 4.74 Å². The van der Waals surface area contributed by atoms with Gasteiger partial charge >= 0.3 is 0 Å². The molecule has 1 amide bonds. The molecule has 1 fully saturated rings. The molecule has 1 aliphatic heterocycles. The standard InChI is InChI=1S/C24H26FN3O4S/c1-17-15-19-5-4-8-22(23(19)27-16-17)33(30,31)28-12-9-18(10-13-28)24(29)26-11-14-32-21-7-3-2-6-20(21)25/h2-8,15-16,18H,9-14H2,1H3,(H,26,29). The number of amides is 1. The number of hydrogen-bond donors (Lipinski definition) is 1. The third kappa shape index (κ3) is 5.15. The van der Waals surface area contributed by atoms with E-state index in [1.807, 2.05) is 19.1 Å². The summed E-state index contributed by atoms with van der Waals surface area (Å²) in [5, 5.41) is 3.57. The number of ether oxygens (including phenoxy) is 1. The maximum atomic E-state index is 13.6. The minimum atomic E-state index is -3.72. The molecule has 33 heavy (non-hydrogen) atoms. The van der Waals surface area contributed by atoms with Crippen LogP contribution >= 0.6 is 0 Å². The average molecular weight is 472 g/mol. The molecule has 0 atom stereocenters. The fourth-order valence-electron chi connectivity index (χ4n) is 3.99. The monoisotopic (exact) mass is 471 g/mol. The maximum absolute atomic E-state index is 13.6. The molecule has 1 N–H and O–H groups in total. The van der Waals surface area contributed by atoms with Gasteiger partial charge in [-0.15, -0.1) is 0 Å². The molecular formula is C24H26FN3O4S. The highest BCUT2D eigenvalue weighted by atomic mass is 32.2. The van der Waals surface area contributed by atoms with E-state index in [-0.39, 0.29) is 48.7 Å². The number of piperidine rings is 1. The molecule has 1 aliphatic rings. The second-order valence-electron chi connectivity index (χ2n) is 8.09. The molecule has 174 valence electrons. The molecule has 0 unspecified atom stereocenters. The predicted octanol–water partition coefficient (Wildman–Crippen LogP) is 3.28. The van der Waals surface area contributed by atoms with Crippen molar-refractivity contribution in [2.45, 2.75) is 24.7 Å². The van der Waals surface area contributed by atoms with Crippen LogP contribution in [0.25, 0.3) is 10.9 Å². The van der Waals surface area contributed by atoms with Gasteiger partial charge in [-0.1, -0.05) is 24.3 Å². The highest BCUT2D eigenvalue weighted by Gasteiger charge is 2.33. The Hall–Kier alpha value is -3.04. The third-order valence-electron chi connectivity index (χ3n) is 5.75. The number of pyridine rings is 1. The summed E-state index contributed by atoms with van der Waals surface area (Å²) in [6.45, 7) is 2.82. The number of aromatic nitrogens is 1. The Morgan fingerprint density at radius 2 is 1.94 bits per heavy atom. The van der Waals surface area contributed by atoms with E-state index in [1.54, 1.807) is 30.5 Å². The van der Waals surface area contributed by atoms with Crippen molar-refractivity contribution >= 4 is 26.8 Å². The second-order valence-corrected chi connectivity index (χ2v) is 10.00. The lowest BCUT2D eigenvalue weighted by Gasteiger charge is -2.30. The third-order valence-corrected chi connectivity index (χ3v) is 7.68. The number of sulfonamides is 1. The number of carbonyl (C=O) groups excluding carboxylic acids is 1. The van der Waals surface area contributed by atoms with Crippen LogP contribution in [0.3, 0.4) is 0 Å². The van der Waals surface area contributed by atoms with Crippen LogP contribution in [0.1, 0.15) is 18.4 Å². The van der Waals surface area contributed by atoms with Crippen molar-refractivity contribution in [3.63, 3.8) is 0 Å². The zero-order valence-electron chi connectivity index (χ0n) is 18.3. The first kappa shape index (κ1) is 23.1. The molecule has 1 aromatic heterocycles. The number of nitrogens with one attached hydrogen (secondary N) is 1. The van der Waals surface area contributed by atoms with Gasteiger partial charge in [-0.2, -0.15) is 4.31 Å². The second kappa shape index (κ2) is 9.84. The predicted molar refractivity (Wildman–Crippen MR) is 123 cm³/mol. The summed E-state index contributed by atoms with van der Waals surface area (Å²) in [7, 11) is -3.72. The number of carbonyl (C=O) groups is 1. The number of fused-ring (bicyclic) bond motifs is 1. The number of hydrogen-bond acceptors (Lipinski definition) is 5. The number of rotatable bonds is 7. The molecule has 3 aromatic rings. The lowest BCUT2D eigenvalue weighted by molar-refractivity contribution is -0.126. The molecule has 0 radical (unpaired) electrons. The van der Waals surface area contributed by atoms with Crippen LogP contribution in [-0.2, 0) is 14.8 Å². The van der Waals surface area contributed by atoms with Crippen molar-refractivity contribution in [3.8, 4) is 5.75 Å². The van der Waals surface area contributed by atoms with E-state index in [1.165, 1.54) is 16.4 Å². The largest absolute Gasteiger partial charge is 0.489 e. The first-order valence-electron chi connectivity index (χ1n) is 10.9. The highest BCUT2D eigenvalue weighted by molar-refractivity contribution is 7.89. The van der Waals surface area contributed by atoms with E-state index < -0.39 is 15.8 Å². The zero-order valence-corrected chi connectivity index (χ0v) is 19.1. The molecule has 0 spiro atoms. The minimum Gasteiger partial charge on any atom is -0.489 e. The van der Waals surface area contributed by atoms with Crippen LogP contribution in [0.15, 0.2) is 59.6 Å². The van der Waals surface area contributed by atoms with Gasteiger partial charge in [0.25, 0.3) is 0 Å². The van der Waals surface area contributed by atoms with Crippen molar-refractivity contribution in [1.82, 2.24) is 14.6 Å². The Balaban J connectivity index is 1.32. The van der Waals surface area contributed by atoms with Gasteiger partial charge in [0.1, 0.15) is 11.5 Å². The Morgan fingerprint density at radius 3 is 2.70 bits per heavy atom. The zero-order chi connectivity index (χ0) is 23.4. The maximum Gasteiger partial charge on any atom is 0.245 e. The number of para-hydroxylation sites is 2. The molecule has 2 aromatic carbocycles. The van der Waals surface area contributed by atoms with Crippen molar-refractivity contribution < 1.29 is 22.3 Å². The SMILES string of the molecule is Cc1cnc2c(S(=O)(=O)N3CCC(C(=O)NCCOc4ccccc4F)CC3)cccc2c1. The number of aryl methyl sites for hydroxylation is 1. The topological polar surface area (TPSA) is 88.6 Å². The Bertz CT molecular complexity index is 1260. The van der Waals surface area contributed by atoms with E-state index in [2.05, 4.69) is 10.3 Å². The van der Waals surface area contributed by atoms with Crippen molar-refractivity contribution in [2.75, 3.05) is 26.2 Å². The quantitative estimate of drug-likeness (QED) is 0.535. The minimum absolute atomic E-state index is 0.142. The lowest BCUT2D eigenvalue weighted by Crippen LogP contribution is -2.43. The summed E-state index contributed by atoms with van der Waals surface area (Å²) in [5.41, 5.74) is 1.42. The summed E-state index contributed by atoms with van der Waals surface area (Å²) < 4.78 is 46.9. The van der Waals surface area contributed by atoms with Crippen molar-refractivity contribution in [3.05, 3.63) is 66.1 Å². The number of halogens is 1. The summed E-state index contributed by atoms with van der Waals surface area (Å²) in [4.78, 5) is 17.0.